The van der Waals surface area contributed by atoms with E-state index in [-0.39, 0.29) is 11.9 Å². The zero-order valence-electron chi connectivity index (χ0n) is 11.0. The van der Waals surface area contributed by atoms with Crippen LogP contribution in [0.15, 0.2) is 0 Å². The average molecular weight is 244 g/mol. The Labute approximate surface area is 103 Å². The predicted molar refractivity (Wildman–Crippen MR) is 66.6 cm³/mol. The van der Waals surface area contributed by atoms with Gasteiger partial charge in [0, 0.05) is 25.4 Å². The first-order chi connectivity index (χ1) is 8.06. The molecule has 0 rings (SSSR count). The van der Waals surface area contributed by atoms with Crippen LogP contribution in [-0.4, -0.2) is 38.1 Å². The van der Waals surface area contributed by atoms with Crippen molar-refractivity contribution < 1.29 is 14.3 Å². The summed E-state index contributed by atoms with van der Waals surface area (Å²) < 4.78 is 4.50. The fraction of sp³-hybridized carbons (Fsp3) is 0.833. The van der Waals surface area contributed by atoms with E-state index in [1.807, 2.05) is 0 Å². The number of hydrogen-bond acceptors (Lipinski definition) is 4. The molecule has 2 N–H and O–H groups in total. The molecule has 0 aromatic carbocycles. The molecule has 0 bridgehead atoms. The molecule has 0 atom stereocenters. The topological polar surface area (TPSA) is 67.4 Å². The van der Waals surface area contributed by atoms with Crippen LogP contribution in [0.25, 0.3) is 0 Å². The number of rotatable bonds is 9. The highest BCUT2D eigenvalue weighted by atomic mass is 16.5. The third kappa shape index (κ3) is 11.2. The van der Waals surface area contributed by atoms with Crippen LogP contribution in [0.4, 0.5) is 0 Å². The fourth-order valence-electron chi connectivity index (χ4n) is 1.29. The maximum atomic E-state index is 11.3. The minimum absolute atomic E-state index is 0.0421. The summed E-state index contributed by atoms with van der Waals surface area (Å²) in [5.41, 5.74) is 0. The number of carbonyl (C=O) groups is 2. The van der Waals surface area contributed by atoms with E-state index >= 15 is 0 Å². The van der Waals surface area contributed by atoms with Gasteiger partial charge in [0.25, 0.3) is 0 Å². The average Bonchev–Trinajstić information content (AvgIpc) is 2.29. The molecule has 17 heavy (non-hydrogen) atoms. The molecule has 5 nitrogen and oxygen atoms in total. The van der Waals surface area contributed by atoms with Gasteiger partial charge in [0.05, 0.1) is 7.11 Å². The van der Waals surface area contributed by atoms with Crippen molar-refractivity contribution in [1.82, 2.24) is 10.6 Å². The van der Waals surface area contributed by atoms with E-state index < -0.39 is 0 Å². The van der Waals surface area contributed by atoms with E-state index in [1.165, 1.54) is 7.11 Å². The molecule has 0 spiro atoms. The van der Waals surface area contributed by atoms with E-state index in [0.717, 1.165) is 13.0 Å². The molecule has 0 radical (unpaired) electrons. The summed E-state index contributed by atoms with van der Waals surface area (Å²) in [5, 5.41) is 6.03. The van der Waals surface area contributed by atoms with E-state index in [4.69, 9.17) is 0 Å². The van der Waals surface area contributed by atoms with Crippen molar-refractivity contribution in [3.63, 3.8) is 0 Å². The second-order valence-electron chi connectivity index (χ2n) is 4.24. The summed E-state index contributed by atoms with van der Waals surface area (Å²) >= 11 is 0. The molecule has 0 aromatic rings. The smallest absolute Gasteiger partial charge is 0.305 e. The molecule has 0 aliphatic rings. The largest absolute Gasteiger partial charge is 0.469 e. The van der Waals surface area contributed by atoms with Crippen LogP contribution in [0.3, 0.4) is 0 Å². The zero-order valence-corrected chi connectivity index (χ0v) is 11.0. The highest BCUT2D eigenvalue weighted by molar-refractivity contribution is 5.75. The standard InChI is InChI=1S/C12H24N2O3/c1-10(2)13-8-4-6-11(15)14-9-5-7-12(16)17-3/h10,13H,4-9H2,1-3H3,(H,14,15). The Hall–Kier alpha value is -1.10. The Balaban J connectivity index is 3.32. The van der Waals surface area contributed by atoms with Gasteiger partial charge in [0.1, 0.15) is 0 Å². The van der Waals surface area contributed by atoms with Gasteiger partial charge in [-0.3, -0.25) is 9.59 Å². The lowest BCUT2D eigenvalue weighted by Gasteiger charge is -2.08. The second kappa shape index (κ2) is 10.1. The first kappa shape index (κ1) is 15.9. The van der Waals surface area contributed by atoms with Crippen molar-refractivity contribution in [2.75, 3.05) is 20.2 Å². The monoisotopic (exact) mass is 244 g/mol. The number of esters is 1. The summed E-state index contributed by atoms with van der Waals surface area (Å²) in [6, 6.07) is 0.457. The maximum absolute atomic E-state index is 11.3. The Bertz CT molecular complexity index is 230. The van der Waals surface area contributed by atoms with Crippen LogP contribution in [0.5, 0.6) is 0 Å². The number of carbonyl (C=O) groups excluding carboxylic acids is 2. The van der Waals surface area contributed by atoms with Crippen LogP contribution >= 0.6 is 0 Å². The highest BCUT2D eigenvalue weighted by Gasteiger charge is 2.02. The first-order valence-corrected chi connectivity index (χ1v) is 6.13. The van der Waals surface area contributed by atoms with Crippen molar-refractivity contribution >= 4 is 11.9 Å². The second-order valence-corrected chi connectivity index (χ2v) is 4.24. The van der Waals surface area contributed by atoms with Crippen LogP contribution in [0.1, 0.15) is 39.5 Å². The first-order valence-electron chi connectivity index (χ1n) is 6.13. The molecule has 0 heterocycles. The van der Waals surface area contributed by atoms with E-state index in [2.05, 4.69) is 29.2 Å². The summed E-state index contributed by atoms with van der Waals surface area (Å²) in [7, 11) is 1.36. The maximum Gasteiger partial charge on any atom is 0.305 e. The number of methoxy groups -OCH3 is 1. The number of nitrogens with one attached hydrogen (secondary N) is 2. The van der Waals surface area contributed by atoms with E-state index in [0.29, 0.717) is 31.8 Å². The third-order valence-electron chi connectivity index (χ3n) is 2.24. The van der Waals surface area contributed by atoms with Gasteiger partial charge in [0.2, 0.25) is 5.91 Å². The summed E-state index contributed by atoms with van der Waals surface area (Å²) in [6.45, 7) is 5.54. The summed E-state index contributed by atoms with van der Waals surface area (Å²) in [6.07, 6.45) is 2.34. The van der Waals surface area contributed by atoms with Crippen LogP contribution in [0.2, 0.25) is 0 Å². The van der Waals surface area contributed by atoms with Gasteiger partial charge < -0.3 is 15.4 Å². The predicted octanol–water partition coefficient (Wildman–Crippen LogP) is 0.834. The summed E-state index contributed by atoms with van der Waals surface area (Å²) in [5.74, 6) is -0.194. The van der Waals surface area contributed by atoms with E-state index in [9.17, 15) is 9.59 Å². The molecule has 0 fully saturated rings. The molecule has 0 saturated heterocycles. The van der Waals surface area contributed by atoms with Gasteiger partial charge in [-0.25, -0.2) is 0 Å². The van der Waals surface area contributed by atoms with Crippen molar-refractivity contribution in [2.45, 2.75) is 45.6 Å². The van der Waals surface area contributed by atoms with Crippen LogP contribution in [-0.2, 0) is 14.3 Å². The number of hydrogen-bond donors (Lipinski definition) is 2. The van der Waals surface area contributed by atoms with Crippen molar-refractivity contribution in [3.05, 3.63) is 0 Å². The summed E-state index contributed by atoms with van der Waals surface area (Å²) in [4.78, 5) is 22.1. The SMILES string of the molecule is COC(=O)CCCNC(=O)CCCNC(C)C. The molecule has 0 saturated carbocycles. The normalized spacial score (nSPS) is 10.4. The minimum Gasteiger partial charge on any atom is -0.469 e. The lowest BCUT2D eigenvalue weighted by atomic mass is 10.2. The number of amides is 1. The highest BCUT2D eigenvalue weighted by Crippen LogP contribution is 1.92. The zero-order chi connectivity index (χ0) is 13.1. The van der Waals surface area contributed by atoms with Gasteiger partial charge in [-0.05, 0) is 19.4 Å². The van der Waals surface area contributed by atoms with Gasteiger partial charge in [-0.1, -0.05) is 13.8 Å². The lowest BCUT2D eigenvalue weighted by molar-refractivity contribution is -0.140. The molecule has 100 valence electrons. The van der Waals surface area contributed by atoms with E-state index in [1.54, 1.807) is 0 Å². The van der Waals surface area contributed by atoms with Crippen LogP contribution < -0.4 is 10.6 Å². The van der Waals surface area contributed by atoms with Gasteiger partial charge in [-0.2, -0.15) is 0 Å². The fourth-order valence-corrected chi connectivity index (χ4v) is 1.29. The van der Waals surface area contributed by atoms with Crippen molar-refractivity contribution in [1.29, 1.82) is 0 Å². The van der Waals surface area contributed by atoms with Crippen LogP contribution in [0, 0.1) is 0 Å². The Kier molecular flexibility index (Phi) is 9.43. The molecule has 0 aliphatic heterocycles. The minimum atomic E-state index is -0.236. The molecule has 0 unspecified atom stereocenters. The third-order valence-corrected chi connectivity index (χ3v) is 2.24. The molecule has 0 aromatic heterocycles. The Morgan fingerprint density at radius 1 is 1.12 bits per heavy atom. The van der Waals surface area contributed by atoms with Crippen molar-refractivity contribution in [2.24, 2.45) is 0 Å². The number of ether oxygens (including phenoxy) is 1. The molecule has 1 amide bonds. The van der Waals surface area contributed by atoms with Gasteiger partial charge >= 0.3 is 5.97 Å². The van der Waals surface area contributed by atoms with Gasteiger partial charge in [0.15, 0.2) is 0 Å². The molecule has 0 aliphatic carbocycles. The lowest BCUT2D eigenvalue weighted by Crippen LogP contribution is -2.28. The Morgan fingerprint density at radius 3 is 2.35 bits per heavy atom. The quantitative estimate of drug-likeness (QED) is 0.466. The Morgan fingerprint density at radius 2 is 1.76 bits per heavy atom. The molecular weight excluding hydrogens is 220 g/mol. The van der Waals surface area contributed by atoms with Crippen molar-refractivity contribution in [3.8, 4) is 0 Å². The molecular formula is C12H24N2O3. The molecule has 5 heteroatoms. The van der Waals surface area contributed by atoms with Gasteiger partial charge in [-0.15, -0.1) is 0 Å².